The Morgan fingerprint density at radius 2 is 2.04 bits per heavy atom. The maximum absolute atomic E-state index is 12.2. The molecule has 0 aliphatic heterocycles. The van der Waals surface area contributed by atoms with Crippen molar-refractivity contribution in [2.24, 2.45) is 17.8 Å². The Balaban J connectivity index is 2.58. The van der Waals surface area contributed by atoms with Gasteiger partial charge in [-0.05, 0) is 37.5 Å². The van der Waals surface area contributed by atoms with Crippen molar-refractivity contribution in [3.05, 3.63) is 12.2 Å². The Labute approximate surface area is 138 Å². The quantitative estimate of drug-likeness (QED) is 0.639. The van der Waals surface area contributed by atoms with E-state index in [4.69, 9.17) is 0 Å². The lowest BCUT2D eigenvalue weighted by atomic mass is 9.89. The molecule has 0 bridgehead atoms. The molecule has 1 amide bonds. The van der Waals surface area contributed by atoms with E-state index in [9.17, 15) is 19.5 Å². The normalized spacial score (nSPS) is 22.7. The van der Waals surface area contributed by atoms with Crippen molar-refractivity contribution in [1.29, 1.82) is 0 Å². The molecule has 2 N–H and O–H groups in total. The van der Waals surface area contributed by atoms with Gasteiger partial charge >= 0.3 is 5.97 Å². The molecule has 0 unspecified atom stereocenters. The Hall–Kier alpha value is -1.65. The molecule has 5 nitrogen and oxygen atoms in total. The van der Waals surface area contributed by atoms with E-state index in [1.165, 1.54) is 0 Å². The zero-order valence-electron chi connectivity index (χ0n) is 14.4. The topological polar surface area (TPSA) is 83.5 Å². The van der Waals surface area contributed by atoms with Crippen LogP contribution in [0.4, 0.5) is 0 Å². The summed E-state index contributed by atoms with van der Waals surface area (Å²) in [5.41, 5.74) is 0. The van der Waals surface area contributed by atoms with E-state index < -0.39 is 12.0 Å². The first kappa shape index (κ1) is 19.4. The molecule has 0 aromatic carbocycles. The van der Waals surface area contributed by atoms with E-state index in [0.717, 1.165) is 12.8 Å². The summed E-state index contributed by atoms with van der Waals surface area (Å²) in [5, 5.41) is 11.8. The van der Waals surface area contributed by atoms with E-state index in [0.29, 0.717) is 19.3 Å². The van der Waals surface area contributed by atoms with Gasteiger partial charge in [-0.15, -0.1) is 0 Å². The molecule has 0 radical (unpaired) electrons. The Morgan fingerprint density at radius 1 is 1.35 bits per heavy atom. The number of allylic oxidation sites excluding steroid dienone is 2. The molecule has 1 aliphatic carbocycles. The van der Waals surface area contributed by atoms with Gasteiger partial charge in [0.15, 0.2) is 0 Å². The highest BCUT2D eigenvalue weighted by Gasteiger charge is 2.35. The number of hydrogen-bond acceptors (Lipinski definition) is 3. The van der Waals surface area contributed by atoms with Gasteiger partial charge in [0.1, 0.15) is 11.8 Å². The molecule has 1 saturated carbocycles. The number of rotatable bonds is 9. The minimum absolute atomic E-state index is 0.0255. The minimum Gasteiger partial charge on any atom is -0.480 e. The van der Waals surface area contributed by atoms with Gasteiger partial charge in [-0.1, -0.05) is 32.9 Å². The monoisotopic (exact) mass is 323 g/mol. The zero-order valence-corrected chi connectivity index (χ0v) is 14.4. The molecular weight excluding hydrogens is 294 g/mol. The number of amides is 1. The van der Waals surface area contributed by atoms with Crippen LogP contribution in [0.15, 0.2) is 12.2 Å². The van der Waals surface area contributed by atoms with Gasteiger partial charge in [0.05, 0.1) is 0 Å². The first-order valence-corrected chi connectivity index (χ1v) is 8.55. The van der Waals surface area contributed by atoms with Crippen LogP contribution in [0.2, 0.25) is 0 Å². The number of ketones is 1. The van der Waals surface area contributed by atoms with Crippen molar-refractivity contribution in [3.8, 4) is 0 Å². The lowest BCUT2D eigenvalue weighted by Crippen LogP contribution is -2.42. The largest absolute Gasteiger partial charge is 0.480 e. The highest BCUT2D eigenvalue weighted by atomic mass is 16.4. The molecule has 0 aromatic heterocycles. The Kier molecular flexibility index (Phi) is 8.00. The third kappa shape index (κ3) is 6.55. The van der Waals surface area contributed by atoms with E-state index in [1.54, 1.807) is 0 Å². The number of carboxylic acid groups (broad SMARTS) is 1. The summed E-state index contributed by atoms with van der Waals surface area (Å²) < 4.78 is 0. The van der Waals surface area contributed by atoms with E-state index >= 15 is 0 Å². The average Bonchev–Trinajstić information content (AvgIpc) is 2.79. The Morgan fingerprint density at radius 3 is 2.61 bits per heavy atom. The summed E-state index contributed by atoms with van der Waals surface area (Å²) >= 11 is 0. The summed E-state index contributed by atoms with van der Waals surface area (Å²) in [6, 6.07) is -0.849. The van der Waals surface area contributed by atoms with Crippen molar-refractivity contribution in [1.82, 2.24) is 5.32 Å². The van der Waals surface area contributed by atoms with E-state index in [1.807, 2.05) is 32.9 Å². The van der Waals surface area contributed by atoms with Gasteiger partial charge in [-0.2, -0.15) is 0 Å². The van der Waals surface area contributed by atoms with Crippen LogP contribution in [0.3, 0.4) is 0 Å². The molecule has 23 heavy (non-hydrogen) atoms. The van der Waals surface area contributed by atoms with Gasteiger partial charge in [-0.25, -0.2) is 4.79 Å². The SMILES string of the molecule is CC/C=C\C[C@@H]1C(=O)CC[C@H]1CC(=O)N[C@@H](CC(C)C)C(=O)O. The van der Waals surface area contributed by atoms with Crippen LogP contribution in [0, 0.1) is 17.8 Å². The fourth-order valence-corrected chi connectivity index (χ4v) is 3.14. The van der Waals surface area contributed by atoms with Crippen LogP contribution in [-0.2, 0) is 14.4 Å². The molecule has 130 valence electrons. The van der Waals surface area contributed by atoms with Gasteiger partial charge in [0, 0.05) is 18.8 Å². The van der Waals surface area contributed by atoms with Crippen LogP contribution in [0.1, 0.15) is 59.3 Å². The predicted octanol–water partition coefficient (Wildman–Crippen LogP) is 2.94. The van der Waals surface area contributed by atoms with Crippen molar-refractivity contribution in [2.75, 3.05) is 0 Å². The highest BCUT2D eigenvalue weighted by Crippen LogP contribution is 2.34. The first-order chi connectivity index (χ1) is 10.8. The third-order valence-electron chi connectivity index (χ3n) is 4.32. The van der Waals surface area contributed by atoms with Crippen molar-refractivity contribution >= 4 is 17.7 Å². The second-order valence-electron chi connectivity index (χ2n) is 6.78. The summed E-state index contributed by atoms with van der Waals surface area (Å²) in [6.07, 6.45) is 7.55. The smallest absolute Gasteiger partial charge is 0.326 e. The molecule has 3 atom stereocenters. The average molecular weight is 323 g/mol. The van der Waals surface area contributed by atoms with Gasteiger partial charge in [0.25, 0.3) is 0 Å². The van der Waals surface area contributed by atoms with Crippen LogP contribution >= 0.6 is 0 Å². The maximum atomic E-state index is 12.2. The molecule has 0 aromatic rings. The van der Waals surface area contributed by atoms with E-state index in [-0.39, 0.29) is 35.9 Å². The second-order valence-corrected chi connectivity index (χ2v) is 6.78. The molecule has 0 heterocycles. The molecule has 0 saturated heterocycles. The number of nitrogens with one attached hydrogen (secondary N) is 1. The van der Waals surface area contributed by atoms with Crippen LogP contribution in [0.5, 0.6) is 0 Å². The number of aliphatic carboxylic acids is 1. The van der Waals surface area contributed by atoms with Gasteiger partial charge < -0.3 is 10.4 Å². The van der Waals surface area contributed by atoms with Crippen LogP contribution in [0.25, 0.3) is 0 Å². The molecule has 1 aliphatic rings. The third-order valence-corrected chi connectivity index (χ3v) is 4.32. The summed E-state index contributed by atoms with van der Waals surface area (Å²) in [7, 11) is 0. The number of Topliss-reactive ketones (excluding diaryl/α,β-unsaturated/α-hetero) is 1. The zero-order chi connectivity index (χ0) is 17.4. The lowest BCUT2D eigenvalue weighted by molar-refractivity contribution is -0.142. The van der Waals surface area contributed by atoms with Crippen LogP contribution < -0.4 is 5.32 Å². The molecule has 0 spiro atoms. The standard InChI is InChI=1S/C18H29NO4/c1-4-5-6-7-14-13(8-9-16(14)20)11-17(21)19-15(18(22)23)10-12(2)3/h5-6,12-15H,4,7-11H2,1-3H3,(H,19,21)(H,22,23)/b6-5-/t13-,14-,15-/m0/s1. The predicted molar refractivity (Wildman–Crippen MR) is 88.9 cm³/mol. The summed E-state index contributed by atoms with van der Waals surface area (Å²) in [5.74, 6) is -0.925. The maximum Gasteiger partial charge on any atom is 0.326 e. The number of hydrogen-bond donors (Lipinski definition) is 2. The van der Waals surface area contributed by atoms with Crippen LogP contribution in [-0.4, -0.2) is 28.8 Å². The van der Waals surface area contributed by atoms with Crippen molar-refractivity contribution in [2.45, 2.75) is 65.3 Å². The second kappa shape index (κ2) is 9.48. The molecule has 1 fully saturated rings. The summed E-state index contributed by atoms with van der Waals surface area (Å²) in [6.45, 7) is 5.89. The number of carboxylic acids is 1. The summed E-state index contributed by atoms with van der Waals surface area (Å²) in [4.78, 5) is 35.4. The number of carbonyl (C=O) groups excluding carboxylic acids is 2. The molecule has 5 heteroatoms. The number of carbonyl (C=O) groups is 3. The molecule has 1 rings (SSSR count). The van der Waals surface area contributed by atoms with Crippen molar-refractivity contribution < 1.29 is 19.5 Å². The molecular formula is C18H29NO4. The Bertz CT molecular complexity index is 456. The van der Waals surface area contributed by atoms with Gasteiger partial charge in [0.2, 0.25) is 5.91 Å². The first-order valence-electron chi connectivity index (χ1n) is 8.55. The van der Waals surface area contributed by atoms with Gasteiger partial charge in [-0.3, -0.25) is 9.59 Å². The lowest BCUT2D eigenvalue weighted by Gasteiger charge is -2.20. The van der Waals surface area contributed by atoms with Crippen molar-refractivity contribution in [3.63, 3.8) is 0 Å². The fraction of sp³-hybridized carbons (Fsp3) is 0.722. The minimum atomic E-state index is -1.00. The fourth-order valence-electron chi connectivity index (χ4n) is 3.14. The highest BCUT2D eigenvalue weighted by molar-refractivity contribution is 5.87. The van der Waals surface area contributed by atoms with E-state index in [2.05, 4.69) is 5.32 Å².